The summed E-state index contributed by atoms with van der Waals surface area (Å²) in [5.74, 6) is -0.00620. The summed E-state index contributed by atoms with van der Waals surface area (Å²) < 4.78 is 24.0. The van der Waals surface area contributed by atoms with E-state index in [-0.39, 0.29) is 28.7 Å². The van der Waals surface area contributed by atoms with E-state index in [1.165, 1.54) is 11.8 Å². The molecule has 0 N–H and O–H groups in total. The molecule has 1 amide bonds. The standard InChI is InChI=1S/C15H17ClN2O3S2/c1-3-14(19)17-15-18(11-6-4-5-10(16)9(11)2)12-7-23(20,21)8-13(12)22-15/h4-6,12-13H,3,7-8H2,1-2H3/t12-,13-/m1/s1. The van der Waals surface area contributed by atoms with Gasteiger partial charge in [-0.3, -0.25) is 4.79 Å². The molecule has 0 unspecified atom stereocenters. The van der Waals surface area contributed by atoms with Crippen LogP contribution in [0.4, 0.5) is 5.69 Å². The molecule has 2 saturated heterocycles. The Hall–Kier alpha value is -1.05. The van der Waals surface area contributed by atoms with Crippen LogP contribution in [0, 0.1) is 6.92 Å². The second-order valence-electron chi connectivity index (χ2n) is 5.70. The molecule has 0 aromatic heterocycles. The Kier molecular flexibility index (Phi) is 4.46. The minimum atomic E-state index is -3.06. The molecule has 0 aliphatic carbocycles. The number of benzene rings is 1. The summed E-state index contributed by atoms with van der Waals surface area (Å²) in [7, 11) is -3.06. The summed E-state index contributed by atoms with van der Waals surface area (Å²) in [4.78, 5) is 17.8. The zero-order valence-electron chi connectivity index (χ0n) is 12.8. The van der Waals surface area contributed by atoms with Crippen LogP contribution in [0.5, 0.6) is 0 Å². The molecular formula is C15H17ClN2O3S2. The molecule has 124 valence electrons. The van der Waals surface area contributed by atoms with E-state index >= 15 is 0 Å². The highest BCUT2D eigenvalue weighted by Gasteiger charge is 2.49. The van der Waals surface area contributed by atoms with E-state index in [1.807, 2.05) is 24.0 Å². The van der Waals surface area contributed by atoms with Crippen molar-refractivity contribution in [1.29, 1.82) is 0 Å². The molecule has 1 aromatic rings. The van der Waals surface area contributed by atoms with Gasteiger partial charge in [-0.2, -0.15) is 4.99 Å². The first kappa shape index (κ1) is 16.8. The third-order valence-corrected chi connectivity index (χ3v) is 7.71. The van der Waals surface area contributed by atoms with Gasteiger partial charge in [0.05, 0.1) is 17.5 Å². The molecule has 2 aliphatic rings. The molecule has 5 nitrogen and oxygen atoms in total. The van der Waals surface area contributed by atoms with Crippen molar-refractivity contribution in [3.8, 4) is 0 Å². The molecule has 1 aromatic carbocycles. The van der Waals surface area contributed by atoms with Gasteiger partial charge >= 0.3 is 0 Å². The molecule has 0 radical (unpaired) electrons. The summed E-state index contributed by atoms with van der Waals surface area (Å²) in [5.41, 5.74) is 1.67. The first-order chi connectivity index (χ1) is 10.8. The Bertz CT molecular complexity index is 792. The predicted molar refractivity (Wildman–Crippen MR) is 95.2 cm³/mol. The van der Waals surface area contributed by atoms with E-state index in [2.05, 4.69) is 4.99 Å². The van der Waals surface area contributed by atoms with Gasteiger partial charge < -0.3 is 4.90 Å². The number of aliphatic imine (C=N–C) groups is 1. The van der Waals surface area contributed by atoms with E-state index < -0.39 is 9.84 Å². The lowest BCUT2D eigenvalue weighted by Crippen LogP contribution is -2.38. The normalized spacial score (nSPS) is 27.4. The number of sulfone groups is 1. The number of nitrogens with zero attached hydrogens (tertiary/aromatic N) is 2. The van der Waals surface area contributed by atoms with Crippen molar-refractivity contribution in [3.63, 3.8) is 0 Å². The Morgan fingerprint density at radius 3 is 2.87 bits per heavy atom. The van der Waals surface area contributed by atoms with Gasteiger partial charge in [-0.05, 0) is 24.6 Å². The molecule has 0 bridgehead atoms. The van der Waals surface area contributed by atoms with Crippen LogP contribution in [0.2, 0.25) is 5.02 Å². The third-order valence-electron chi connectivity index (χ3n) is 4.09. The van der Waals surface area contributed by atoms with Crippen molar-refractivity contribution in [2.45, 2.75) is 31.6 Å². The molecule has 0 spiro atoms. The quantitative estimate of drug-likeness (QED) is 0.798. The fourth-order valence-corrected chi connectivity index (χ4v) is 6.98. The Morgan fingerprint density at radius 1 is 1.43 bits per heavy atom. The predicted octanol–water partition coefficient (Wildman–Crippen LogP) is 2.66. The molecule has 8 heteroatoms. The molecule has 2 aliphatic heterocycles. The molecular weight excluding hydrogens is 356 g/mol. The molecule has 0 saturated carbocycles. The number of hydrogen-bond donors (Lipinski definition) is 0. The number of anilines is 1. The van der Waals surface area contributed by atoms with Crippen molar-refractivity contribution in [2.24, 2.45) is 4.99 Å². The van der Waals surface area contributed by atoms with Gasteiger partial charge in [0, 0.05) is 22.4 Å². The molecule has 3 rings (SSSR count). The number of hydrogen-bond acceptors (Lipinski definition) is 4. The van der Waals surface area contributed by atoms with Crippen LogP contribution in [0.25, 0.3) is 0 Å². The number of amidine groups is 1. The van der Waals surface area contributed by atoms with E-state index in [0.717, 1.165) is 11.3 Å². The average Bonchev–Trinajstić information content (AvgIpc) is 2.93. The number of carbonyl (C=O) groups is 1. The van der Waals surface area contributed by atoms with Crippen LogP contribution in [-0.2, 0) is 14.6 Å². The van der Waals surface area contributed by atoms with Crippen LogP contribution in [-0.4, -0.2) is 42.3 Å². The fourth-order valence-electron chi connectivity index (χ4n) is 2.89. The van der Waals surface area contributed by atoms with Gasteiger partial charge in [-0.25, -0.2) is 8.42 Å². The number of carbonyl (C=O) groups excluding carboxylic acids is 1. The maximum absolute atomic E-state index is 12.0. The van der Waals surface area contributed by atoms with E-state index in [1.54, 1.807) is 13.0 Å². The first-order valence-electron chi connectivity index (χ1n) is 7.35. The lowest BCUT2D eigenvalue weighted by atomic mass is 10.1. The smallest absolute Gasteiger partial charge is 0.247 e. The van der Waals surface area contributed by atoms with E-state index in [0.29, 0.717) is 16.6 Å². The lowest BCUT2D eigenvalue weighted by Gasteiger charge is -2.26. The Morgan fingerprint density at radius 2 is 2.17 bits per heavy atom. The van der Waals surface area contributed by atoms with Gasteiger partial charge in [0.25, 0.3) is 0 Å². The highest BCUT2D eigenvalue weighted by Crippen LogP contribution is 2.42. The van der Waals surface area contributed by atoms with E-state index in [9.17, 15) is 13.2 Å². The maximum Gasteiger partial charge on any atom is 0.247 e. The maximum atomic E-state index is 12.0. The molecule has 2 heterocycles. The zero-order valence-corrected chi connectivity index (χ0v) is 15.2. The summed E-state index contributed by atoms with van der Waals surface area (Å²) in [6.07, 6.45) is 0.320. The molecule has 23 heavy (non-hydrogen) atoms. The fraction of sp³-hybridized carbons (Fsp3) is 0.467. The Balaban J connectivity index is 2.09. The second-order valence-corrected chi connectivity index (χ2v) is 9.46. The SMILES string of the molecule is CCC(=O)N=C1S[C@@H]2CS(=O)(=O)C[C@H]2N1c1cccc(Cl)c1C. The van der Waals surface area contributed by atoms with Crippen LogP contribution in [0.3, 0.4) is 0 Å². The minimum Gasteiger partial charge on any atom is -0.315 e. The number of amides is 1. The van der Waals surface area contributed by atoms with Gasteiger partial charge in [-0.15, -0.1) is 0 Å². The van der Waals surface area contributed by atoms with Crippen LogP contribution in [0.1, 0.15) is 18.9 Å². The summed E-state index contributed by atoms with van der Waals surface area (Å²) in [6, 6.07) is 5.30. The number of halogens is 1. The third kappa shape index (κ3) is 3.14. The first-order valence-corrected chi connectivity index (χ1v) is 10.4. The summed E-state index contributed by atoms with van der Waals surface area (Å²) in [5, 5.41) is 1.09. The molecule has 2 atom stereocenters. The van der Waals surface area contributed by atoms with Crippen LogP contribution >= 0.6 is 23.4 Å². The van der Waals surface area contributed by atoms with Gasteiger partial charge in [0.1, 0.15) is 0 Å². The number of thioether (sulfide) groups is 1. The monoisotopic (exact) mass is 372 g/mol. The average molecular weight is 373 g/mol. The highest BCUT2D eigenvalue weighted by molar-refractivity contribution is 8.16. The van der Waals surface area contributed by atoms with Crippen LogP contribution < -0.4 is 4.90 Å². The van der Waals surface area contributed by atoms with Crippen LogP contribution in [0.15, 0.2) is 23.2 Å². The van der Waals surface area contributed by atoms with Crippen molar-refractivity contribution >= 4 is 50.0 Å². The van der Waals surface area contributed by atoms with Gasteiger partial charge in [0.15, 0.2) is 15.0 Å². The van der Waals surface area contributed by atoms with Gasteiger partial charge in [-0.1, -0.05) is 36.4 Å². The molecule has 2 fully saturated rings. The topological polar surface area (TPSA) is 66.8 Å². The lowest BCUT2D eigenvalue weighted by molar-refractivity contribution is -0.117. The summed E-state index contributed by atoms with van der Waals surface area (Å²) in [6.45, 7) is 3.64. The zero-order chi connectivity index (χ0) is 16.8. The highest BCUT2D eigenvalue weighted by atomic mass is 35.5. The largest absolute Gasteiger partial charge is 0.315 e. The number of rotatable bonds is 2. The van der Waals surface area contributed by atoms with Crippen molar-refractivity contribution < 1.29 is 13.2 Å². The number of fused-ring (bicyclic) bond motifs is 1. The Labute approximate surface area is 145 Å². The summed E-state index contributed by atoms with van der Waals surface area (Å²) >= 11 is 7.59. The van der Waals surface area contributed by atoms with Crippen molar-refractivity contribution in [1.82, 2.24) is 0 Å². The second kappa shape index (κ2) is 6.11. The minimum absolute atomic E-state index is 0.0793. The van der Waals surface area contributed by atoms with Crippen molar-refractivity contribution in [3.05, 3.63) is 28.8 Å². The van der Waals surface area contributed by atoms with Crippen molar-refractivity contribution in [2.75, 3.05) is 16.4 Å². The van der Waals surface area contributed by atoms with E-state index in [4.69, 9.17) is 11.6 Å². The van der Waals surface area contributed by atoms with Gasteiger partial charge in [0.2, 0.25) is 5.91 Å².